The van der Waals surface area contributed by atoms with E-state index in [2.05, 4.69) is 46.6 Å². The van der Waals surface area contributed by atoms with Gasteiger partial charge in [0.15, 0.2) is 0 Å². The molecule has 2 saturated heterocycles. The molecule has 5 rings (SSSR count). The van der Waals surface area contributed by atoms with Gasteiger partial charge in [0.1, 0.15) is 0 Å². The summed E-state index contributed by atoms with van der Waals surface area (Å²) in [5.74, 6) is 0.957. The molecule has 6 nitrogen and oxygen atoms in total. The van der Waals surface area contributed by atoms with Gasteiger partial charge in [0.25, 0.3) is 0 Å². The van der Waals surface area contributed by atoms with Crippen molar-refractivity contribution in [2.75, 3.05) is 26.2 Å². The Morgan fingerprint density at radius 1 is 1.09 bits per heavy atom. The van der Waals surface area contributed by atoms with Crippen LogP contribution in [-0.4, -0.2) is 70.7 Å². The number of nitrogens with zero attached hydrogens (tertiary/aromatic N) is 3. The van der Waals surface area contributed by atoms with Crippen molar-refractivity contribution in [2.45, 2.75) is 81.0 Å². The highest BCUT2D eigenvalue weighted by atomic mass is 16.3. The van der Waals surface area contributed by atoms with E-state index in [4.69, 9.17) is 0 Å². The number of hydrogen-bond acceptors (Lipinski definition) is 5. The molecule has 32 heavy (non-hydrogen) atoms. The molecule has 0 spiro atoms. The molecule has 0 unspecified atom stereocenters. The predicted molar refractivity (Wildman–Crippen MR) is 123 cm³/mol. The third-order valence-corrected chi connectivity index (χ3v) is 8.37. The van der Waals surface area contributed by atoms with Crippen LogP contribution < -0.4 is 5.32 Å². The molecule has 0 radical (unpaired) electrons. The minimum absolute atomic E-state index is 0.0597. The van der Waals surface area contributed by atoms with Gasteiger partial charge in [-0.3, -0.25) is 9.69 Å². The van der Waals surface area contributed by atoms with Crippen LogP contribution in [0.4, 0.5) is 0 Å². The van der Waals surface area contributed by atoms with Crippen LogP contribution in [0.25, 0.3) is 0 Å². The standard InChI is InChI=1S/C26H36N4O2/c27-13-12-26(17-29(18-26)25(32)20-6-8-22(31)9-7-20)30-14-10-21(11-15-30)28-24-16-23(24)19-4-2-1-3-5-19/h1-5,20-24,28,31H,6-12,14-18H2/t20-,22-,23-,24+/m0/s1. The lowest BCUT2D eigenvalue weighted by molar-refractivity contribution is -0.153. The first-order chi connectivity index (χ1) is 15.6. The maximum absolute atomic E-state index is 12.9. The average Bonchev–Trinajstić information content (AvgIpc) is 3.56. The van der Waals surface area contributed by atoms with Gasteiger partial charge in [-0.2, -0.15) is 5.26 Å². The van der Waals surface area contributed by atoms with Crippen molar-refractivity contribution in [3.63, 3.8) is 0 Å². The second-order valence-electron chi connectivity index (χ2n) is 10.5. The molecule has 1 aromatic rings. The number of hydrogen-bond donors (Lipinski definition) is 2. The van der Waals surface area contributed by atoms with Crippen molar-refractivity contribution in [1.82, 2.24) is 15.1 Å². The van der Waals surface area contributed by atoms with Gasteiger partial charge < -0.3 is 15.3 Å². The topological polar surface area (TPSA) is 79.6 Å². The van der Waals surface area contributed by atoms with Crippen molar-refractivity contribution < 1.29 is 9.90 Å². The van der Waals surface area contributed by atoms with Crippen molar-refractivity contribution in [3.05, 3.63) is 35.9 Å². The number of carbonyl (C=O) groups is 1. The van der Waals surface area contributed by atoms with E-state index >= 15 is 0 Å². The molecule has 1 aromatic carbocycles. The summed E-state index contributed by atoms with van der Waals surface area (Å²) < 4.78 is 0. The van der Waals surface area contributed by atoms with Crippen LogP contribution in [0.3, 0.4) is 0 Å². The fraction of sp³-hybridized carbons (Fsp3) is 0.692. The van der Waals surface area contributed by atoms with Crippen LogP contribution in [0, 0.1) is 17.2 Å². The van der Waals surface area contributed by atoms with E-state index in [9.17, 15) is 15.2 Å². The zero-order valence-corrected chi connectivity index (χ0v) is 19.0. The smallest absolute Gasteiger partial charge is 0.225 e. The summed E-state index contributed by atoms with van der Waals surface area (Å²) in [7, 11) is 0. The van der Waals surface area contributed by atoms with E-state index in [0.29, 0.717) is 37.5 Å². The zero-order valence-electron chi connectivity index (χ0n) is 19.0. The fourth-order valence-electron chi connectivity index (χ4n) is 6.24. The molecule has 0 bridgehead atoms. The molecule has 0 aromatic heterocycles. The van der Waals surface area contributed by atoms with Gasteiger partial charge in [0.05, 0.1) is 24.1 Å². The molecular formula is C26H36N4O2. The number of nitrogens with one attached hydrogen (secondary N) is 1. The van der Waals surface area contributed by atoms with Crippen LogP contribution in [0.15, 0.2) is 30.3 Å². The minimum Gasteiger partial charge on any atom is -0.393 e. The number of piperidine rings is 1. The largest absolute Gasteiger partial charge is 0.393 e. The Balaban J connectivity index is 1.10. The molecular weight excluding hydrogens is 400 g/mol. The van der Waals surface area contributed by atoms with Crippen LogP contribution >= 0.6 is 0 Å². The fourth-order valence-corrected chi connectivity index (χ4v) is 6.24. The van der Waals surface area contributed by atoms with E-state index in [1.807, 2.05) is 4.90 Å². The van der Waals surface area contributed by atoms with Gasteiger partial charge >= 0.3 is 0 Å². The Kier molecular flexibility index (Phi) is 6.24. The second-order valence-corrected chi connectivity index (χ2v) is 10.5. The van der Waals surface area contributed by atoms with Crippen molar-refractivity contribution in [2.24, 2.45) is 5.92 Å². The first-order valence-corrected chi connectivity index (χ1v) is 12.5. The summed E-state index contributed by atoms with van der Waals surface area (Å²) in [6, 6.07) is 14.4. The Morgan fingerprint density at radius 2 is 1.78 bits per heavy atom. The van der Waals surface area contributed by atoms with Gasteiger partial charge in [-0.25, -0.2) is 0 Å². The molecule has 2 aliphatic carbocycles. The van der Waals surface area contributed by atoms with Crippen molar-refractivity contribution >= 4 is 5.91 Å². The van der Waals surface area contributed by atoms with Crippen LogP contribution in [-0.2, 0) is 4.79 Å². The summed E-state index contributed by atoms with van der Waals surface area (Å²) in [5.41, 5.74) is 1.29. The first-order valence-electron chi connectivity index (χ1n) is 12.5. The molecule has 4 aliphatic rings. The molecule has 172 valence electrons. The van der Waals surface area contributed by atoms with Crippen molar-refractivity contribution in [1.29, 1.82) is 5.26 Å². The number of nitriles is 1. The maximum Gasteiger partial charge on any atom is 0.225 e. The molecule has 6 heteroatoms. The highest BCUT2D eigenvalue weighted by Gasteiger charge is 2.51. The summed E-state index contributed by atoms with van der Waals surface area (Å²) in [5, 5.41) is 23.1. The van der Waals surface area contributed by atoms with Gasteiger partial charge in [0.2, 0.25) is 5.91 Å². The highest BCUT2D eigenvalue weighted by Crippen LogP contribution is 2.42. The SMILES string of the molecule is N#CCC1(N2CCC(N[C@@H]3C[C@H]3c3ccccc3)CC2)CN(C(=O)[C@H]2CC[C@H](O)CC2)C1. The van der Waals surface area contributed by atoms with Gasteiger partial charge in [-0.1, -0.05) is 30.3 Å². The van der Waals surface area contributed by atoms with E-state index in [0.717, 1.165) is 51.6 Å². The number of aliphatic hydroxyl groups is 1. The number of aliphatic hydroxyl groups excluding tert-OH is 1. The summed E-state index contributed by atoms with van der Waals surface area (Å²) >= 11 is 0. The lowest BCUT2D eigenvalue weighted by Gasteiger charge is -2.57. The molecule has 1 amide bonds. The number of likely N-dealkylation sites (tertiary alicyclic amines) is 2. The van der Waals surface area contributed by atoms with E-state index in [1.54, 1.807) is 0 Å². The predicted octanol–water partition coefficient (Wildman–Crippen LogP) is 2.64. The number of carbonyl (C=O) groups excluding carboxylic acids is 1. The Hall–Kier alpha value is -1.94. The first kappa shape index (κ1) is 21.9. The lowest BCUT2D eigenvalue weighted by Crippen LogP contribution is -2.73. The highest BCUT2D eigenvalue weighted by molar-refractivity contribution is 5.80. The zero-order chi connectivity index (χ0) is 22.1. The molecule has 2 atom stereocenters. The quantitative estimate of drug-likeness (QED) is 0.717. The maximum atomic E-state index is 12.9. The monoisotopic (exact) mass is 436 g/mol. The summed E-state index contributed by atoms with van der Waals surface area (Å²) in [6.45, 7) is 3.38. The number of amides is 1. The molecule has 2 heterocycles. The van der Waals surface area contributed by atoms with Gasteiger partial charge in [-0.05, 0) is 50.5 Å². The van der Waals surface area contributed by atoms with E-state index in [-0.39, 0.29) is 23.5 Å². The molecule has 4 fully saturated rings. The summed E-state index contributed by atoms with van der Waals surface area (Å²) in [6.07, 6.45) is 6.78. The molecule has 2 N–H and O–H groups in total. The van der Waals surface area contributed by atoms with E-state index < -0.39 is 0 Å². The third kappa shape index (κ3) is 4.44. The number of benzene rings is 1. The normalized spacial score (nSPS) is 32.7. The summed E-state index contributed by atoms with van der Waals surface area (Å²) in [4.78, 5) is 17.4. The van der Waals surface area contributed by atoms with Crippen molar-refractivity contribution in [3.8, 4) is 6.07 Å². The second kappa shape index (κ2) is 9.13. The van der Waals surface area contributed by atoms with E-state index in [1.165, 1.54) is 12.0 Å². The third-order valence-electron chi connectivity index (χ3n) is 8.37. The Morgan fingerprint density at radius 3 is 2.44 bits per heavy atom. The minimum atomic E-state index is -0.235. The molecule has 2 saturated carbocycles. The van der Waals surface area contributed by atoms with Gasteiger partial charge in [0, 0.05) is 50.1 Å². The van der Waals surface area contributed by atoms with Gasteiger partial charge in [-0.15, -0.1) is 0 Å². The Labute approximate surface area is 191 Å². The van der Waals surface area contributed by atoms with Crippen LogP contribution in [0.2, 0.25) is 0 Å². The lowest BCUT2D eigenvalue weighted by atomic mass is 9.80. The average molecular weight is 437 g/mol. The van der Waals surface area contributed by atoms with Crippen LogP contribution in [0.1, 0.15) is 62.8 Å². The Bertz CT molecular complexity index is 831. The van der Waals surface area contributed by atoms with Crippen LogP contribution in [0.5, 0.6) is 0 Å². The molecule has 2 aliphatic heterocycles. The number of rotatable bonds is 6.